The zero-order valence-electron chi connectivity index (χ0n) is 18.3. The Morgan fingerprint density at radius 1 is 1.12 bits per heavy atom. The van der Waals surface area contributed by atoms with Gasteiger partial charge in [0.25, 0.3) is 5.91 Å². The molecule has 4 aromatic rings. The SMILES string of the molecule is CCOc1ccc(C2C(C(=O)Nc3ccccc3)=C(C)Nc3nc(-c4ccco4)nn32)cc1. The molecule has 1 amide bonds. The van der Waals surface area contributed by atoms with Crippen LogP contribution in [0.5, 0.6) is 5.75 Å². The number of amides is 1. The number of carbonyl (C=O) groups is 1. The van der Waals surface area contributed by atoms with Crippen LogP contribution in [0.3, 0.4) is 0 Å². The van der Waals surface area contributed by atoms with Crippen molar-refractivity contribution in [1.29, 1.82) is 0 Å². The molecule has 1 aliphatic rings. The van der Waals surface area contributed by atoms with E-state index in [0.717, 1.165) is 11.3 Å². The fourth-order valence-electron chi connectivity index (χ4n) is 3.90. The summed E-state index contributed by atoms with van der Waals surface area (Å²) in [6, 6.07) is 20.2. The molecule has 2 N–H and O–H groups in total. The van der Waals surface area contributed by atoms with Crippen molar-refractivity contribution in [3.05, 3.63) is 89.8 Å². The summed E-state index contributed by atoms with van der Waals surface area (Å²) in [4.78, 5) is 18.1. The summed E-state index contributed by atoms with van der Waals surface area (Å²) >= 11 is 0. The van der Waals surface area contributed by atoms with Crippen LogP contribution in [0.1, 0.15) is 25.5 Å². The zero-order chi connectivity index (χ0) is 22.8. The predicted molar refractivity (Wildman–Crippen MR) is 125 cm³/mol. The molecule has 1 unspecified atom stereocenters. The van der Waals surface area contributed by atoms with E-state index in [1.165, 1.54) is 0 Å². The summed E-state index contributed by atoms with van der Waals surface area (Å²) in [5.41, 5.74) is 2.85. The molecule has 0 spiro atoms. The van der Waals surface area contributed by atoms with Gasteiger partial charge in [0.15, 0.2) is 5.76 Å². The fourth-order valence-corrected chi connectivity index (χ4v) is 3.90. The highest BCUT2D eigenvalue weighted by Crippen LogP contribution is 2.37. The van der Waals surface area contributed by atoms with Crippen molar-refractivity contribution in [2.24, 2.45) is 0 Å². The minimum Gasteiger partial charge on any atom is -0.494 e. The molecule has 8 nitrogen and oxygen atoms in total. The van der Waals surface area contributed by atoms with Gasteiger partial charge in [0.1, 0.15) is 11.8 Å². The molecule has 0 fully saturated rings. The van der Waals surface area contributed by atoms with E-state index in [4.69, 9.17) is 9.15 Å². The van der Waals surface area contributed by atoms with Crippen LogP contribution in [0.15, 0.2) is 88.7 Å². The van der Waals surface area contributed by atoms with Gasteiger partial charge in [-0.3, -0.25) is 4.79 Å². The van der Waals surface area contributed by atoms with Gasteiger partial charge in [0.2, 0.25) is 11.8 Å². The number of anilines is 2. The molecule has 1 atom stereocenters. The Morgan fingerprint density at radius 2 is 1.91 bits per heavy atom. The van der Waals surface area contributed by atoms with Crippen LogP contribution in [-0.2, 0) is 4.79 Å². The van der Waals surface area contributed by atoms with Gasteiger partial charge in [0.05, 0.1) is 18.4 Å². The highest BCUT2D eigenvalue weighted by atomic mass is 16.5. The molecule has 8 heteroatoms. The Morgan fingerprint density at radius 3 is 2.61 bits per heavy atom. The Bertz CT molecular complexity index is 1290. The van der Waals surface area contributed by atoms with Gasteiger partial charge in [-0.25, -0.2) is 4.68 Å². The van der Waals surface area contributed by atoms with E-state index in [2.05, 4.69) is 20.7 Å². The average Bonchev–Trinajstić information content (AvgIpc) is 3.49. The summed E-state index contributed by atoms with van der Waals surface area (Å²) < 4.78 is 12.8. The number of nitrogens with one attached hydrogen (secondary N) is 2. The highest BCUT2D eigenvalue weighted by Gasteiger charge is 2.34. The first-order valence-corrected chi connectivity index (χ1v) is 10.7. The van der Waals surface area contributed by atoms with Crippen molar-refractivity contribution in [3.8, 4) is 17.3 Å². The van der Waals surface area contributed by atoms with Crippen LogP contribution in [0.4, 0.5) is 11.6 Å². The summed E-state index contributed by atoms with van der Waals surface area (Å²) in [5.74, 6) is 2.08. The topological polar surface area (TPSA) is 94.2 Å². The van der Waals surface area contributed by atoms with Crippen LogP contribution >= 0.6 is 0 Å². The molecule has 3 heterocycles. The van der Waals surface area contributed by atoms with Crippen LogP contribution in [0.2, 0.25) is 0 Å². The first kappa shape index (κ1) is 20.6. The molecule has 33 heavy (non-hydrogen) atoms. The van der Waals surface area contributed by atoms with Crippen molar-refractivity contribution in [2.75, 3.05) is 17.2 Å². The average molecular weight is 441 g/mol. The molecular formula is C25H23N5O3. The van der Waals surface area contributed by atoms with Crippen molar-refractivity contribution in [1.82, 2.24) is 14.8 Å². The zero-order valence-corrected chi connectivity index (χ0v) is 18.3. The van der Waals surface area contributed by atoms with Crippen molar-refractivity contribution >= 4 is 17.5 Å². The maximum Gasteiger partial charge on any atom is 0.255 e. The second kappa shape index (κ2) is 8.66. The van der Waals surface area contributed by atoms with Gasteiger partial charge in [-0.1, -0.05) is 30.3 Å². The minimum atomic E-state index is -0.489. The number of benzene rings is 2. The number of hydrogen-bond acceptors (Lipinski definition) is 6. The Hall–Kier alpha value is -4.33. The van der Waals surface area contributed by atoms with Gasteiger partial charge in [-0.15, -0.1) is 5.10 Å². The van der Waals surface area contributed by atoms with Crippen molar-refractivity contribution in [2.45, 2.75) is 19.9 Å². The van der Waals surface area contributed by atoms with E-state index in [1.54, 1.807) is 23.1 Å². The molecule has 166 valence electrons. The van der Waals surface area contributed by atoms with Gasteiger partial charge in [-0.05, 0) is 55.8 Å². The van der Waals surface area contributed by atoms with E-state index in [9.17, 15) is 4.79 Å². The molecule has 0 saturated carbocycles. The van der Waals surface area contributed by atoms with Gasteiger partial charge in [-0.2, -0.15) is 4.98 Å². The number of hydrogen-bond donors (Lipinski definition) is 2. The largest absolute Gasteiger partial charge is 0.494 e. The molecule has 2 aromatic heterocycles. The number of ether oxygens (including phenoxy) is 1. The van der Waals surface area contributed by atoms with Crippen LogP contribution < -0.4 is 15.4 Å². The lowest BCUT2D eigenvalue weighted by Crippen LogP contribution is -2.31. The number of furan rings is 1. The molecular weight excluding hydrogens is 418 g/mol. The van der Waals surface area contributed by atoms with Crippen molar-refractivity contribution < 1.29 is 13.9 Å². The third-order valence-corrected chi connectivity index (χ3v) is 5.38. The van der Waals surface area contributed by atoms with Gasteiger partial charge in [0, 0.05) is 11.4 Å². The first-order chi connectivity index (χ1) is 16.1. The maximum absolute atomic E-state index is 13.5. The summed E-state index contributed by atoms with van der Waals surface area (Å²) in [6.07, 6.45) is 1.58. The summed E-state index contributed by atoms with van der Waals surface area (Å²) in [6.45, 7) is 4.39. The molecule has 1 aliphatic heterocycles. The number of nitrogens with zero attached hydrogens (tertiary/aromatic N) is 3. The Labute approximate surface area is 190 Å². The lowest BCUT2D eigenvalue weighted by Gasteiger charge is -2.28. The number of carbonyl (C=O) groups excluding carboxylic acids is 1. The lowest BCUT2D eigenvalue weighted by atomic mass is 9.95. The fraction of sp³-hybridized carbons (Fsp3) is 0.160. The lowest BCUT2D eigenvalue weighted by molar-refractivity contribution is -0.113. The minimum absolute atomic E-state index is 0.217. The number of rotatable bonds is 6. The van der Waals surface area contributed by atoms with E-state index in [-0.39, 0.29) is 5.91 Å². The highest BCUT2D eigenvalue weighted by molar-refractivity contribution is 6.06. The van der Waals surface area contributed by atoms with Gasteiger partial charge >= 0.3 is 0 Å². The van der Waals surface area contributed by atoms with Gasteiger partial charge < -0.3 is 19.8 Å². The second-order valence-corrected chi connectivity index (χ2v) is 7.57. The predicted octanol–water partition coefficient (Wildman–Crippen LogP) is 4.86. The van der Waals surface area contributed by atoms with E-state index >= 15 is 0 Å². The Kier molecular flexibility index (Phi) is 5.40. The molecule has 0 saturated heterocycles. The number of para-hydroxylation sites is 1. The number of allylic oxidation sites excluding steroid dienone is 1. The third kappa shape index (κ3) is 3.98. The normalized spacial score (nSPS) is 15.0. The Balaban J connectivity index is 1.58. The molecule has 5 rings (SSSR count). The van der Waals surface area contributed by atoms with E-state index < -0.39 is 6.04 Å². The molecule has 0 bridgehead atoms. The van der Waals surface area contributed by atoms with E-state index in [1.807, 2.05) is 68.4 Å². The quantitative estimate of drug-likeness (QED) is 0.444. The van der Waals surface area contributed by atoms with Crippen LogP contribution in [0.25, 0.3) is 11.6 Å². The van der Waals surface area contributed by atoms with Crippen LogP contribution in [0, 0.1) is 0 Å². The molecule has 2 aromatic carbocycles. The second-order valence-electron chi connectivity index (χ2n) is 7.57. The third-order valence-electron chi connectivity index (χ3n) is 5.38. The molecule has 0 radical (unpaired) electrons. The maximum atomic E-state index is 13.5. The standard InChI is InChI=1S/C25H23N5O3/c1-3-32-19-13-11-17(12-14-19)22-21(24(31)27-18-8-5-4-6-9-18)16(2)26-25-28-23(29-30(22)25)20-10-7-15-33-20/h4-15,22H,3H2,1-2H3,(H,27,31)(H,26,28,29). The van der Waals surface area contributed by atoms with Crippen LogP contribution in [-0.4, -0.2) is 27.3 Å². The van der Waals surface area contributed by atoms with E-state index in [0.29, 0.717) is 41.1 Å². The number of aromatic nitrogens is 3. The number of fused-ring (bicyclic) bond motifs is 1. The summed E-state index contributed by atoms with van der Waals surface area (Å²) in [5, 5.41) is 10.9. The van der Waals surface area contributed by atoms with Crippen molar-refractivity contribution in [3.63, 3.8) is 0 Å². The monoisotopic (exact) mass is 441 g/mol. The summed E-state index contributed by atoms with van der Waals surface area (Å²) in [7, 11) is 0. The first-order valence-electron chi connectivity index (χ1n) is 10.7. The molecule has 0 aliphatic carbocycles. The smallest absolute Gasteiger partial charge is 0.255 e.